The van der Waals surface area contributed by atoms with E-state index in [2.05, 4.69) is 10.1 Å². The lowest BCUT2D eigenvalue weighted by atomic mass is 10.1. The number of imidazole rings is 1. The molecule has 0 bridgehead atoms. The molecule has 0 N–H and O–H groups in total. The fraction of sp³-hybridized carbons (Fsp3) is 0.273. The molecule has 0 radical (unpaired) electrons. The normalized spacial score (nSPS) is 10.5. The molecule has 0 saturated heterocycles. The highest BCUT2D eigenvalue weighted by molar-refractivity contribution is 6.12. The zero-order valence-electron chi connectivity index (χ0n) is 9.62. The number of aromatic nitrogens is 4. The Kier molecular flexibility index (Phi) is 2.86. The molecule has 2 heterocycles. The molecule has 17 heavy (non-hydrogen) atoms. The number of Topliss-reactive ketones (excluding diaryl/α,β-unsaturated/α-hetero) is 2. The maximum atomic E-state index is 11.8. The van der Waals surface area contributed by atoms with Crippen LogP contribution in [0, 0.1) is 0 Å². The summed E-state index contributed by atoms with van der Waals surface area (Å²) < 4.78 is 3.12. The molecular formula is C11H12N4O2. The van der Waals surface area contributed by atoms with Crippen LogP contribution >= 0.6 is 0 Å². The van der Waals surface area contributed by atoms with Crippen molar-refractivity contribution in [3.05, 3.63) is 36.2 Å². The average molecular weight is 232 g/mol. The van der Waals surface area contributed by atoms with E-state index in [-0.39, 0.29) is 18.0 Å². The highest BCUT2D eigenvalue weighted by Crippen LogP contribution is 2.06. The van der Waals surface area contributed by atoms with Gasteiger partial charge in [-0.1, -0.05) is 0 Å². The van der Waals surface area contributed by atoms with E-state index < -0.39 is 0 Å². The molecule has 0 spiro atoms. The number of nitrogens with zero attached hydrogens (tertiary/aromatic N) is 4. The molecule has 0 aliphatic carbocycles. The number of ketones is 2. The van der Waals surface area contributed by atoms with Crippen molar-refractivity contribution < 1.29 is 9.59 Å². The zero-order valence-corrected chi connectivity index (χ0v) is 9.62. The molecular weight excluding hydrogens is 220 g/mol. The molecule has 0 aliphatic heterocycles. The number of carbonyl (C=O) groups excluding carboxylic acids is 2. The van der Waals surface area contributed by atoms with Gasteiger partial charge in [-0.15, -0.1) is 0 Å². The van der Waals surface area contributed by atoms with Crippen molar-refractivity contribution in [3.8, 4) is 0 Å². The predicted molar refractivity (Wildman–Crippen MR) is 59.7 cm³/mol. The monoisotopic (exact) mass is 232 g/mol. The Morgan fingerprint density at radius 1 is 1.29 bits per heavy atom. The number of hydrogen-bond donors (Lipinski definition) is 0. The predicted octanol–water partition coefficient (Wildman–Crippen LogP) is 0.609. The lowest BCUT2D eigenvalue weighted by molar-refractivity contribution is 0.0886. The molecule has 88 valence electrons. The van der Waals surface area contributed by atoms with Crippen molar-refractivity contribution in [3.63, 3.8) is 0 Å². The van der Waals surface area contributed by atoms with Crippen LogP contribution in [0.4, 0.5) is 0 Å². The van der Waals surface area contributed by atoms with Crippen molar-refractivity contribution in [1.82, 2.24) is 19.3 Å². The number of hydrogen-bond acceptors (Lipinski definition) is 4. The molecule has 0 aromatic carbocycles. The molecule has 0 fully saturated rings. The molecule has 6 heteroatoms. The number of aryl methyl sites for hydroxylation is 2. The van der Waals surface area contributed by atoms with Crippen LogP contribution < -0.4 is 0 Å². The van der Waals surface area contributed by atoms with Gasteiger partial charge >= 0.3 is 0 Å². The van der Waals surface area contributed by atoms with E-state index in [0.717, 1.165) is 0 Å². The number of rotatable bonds is 4. The third kappa shape index (κ3) is 2.30. The third-order valence-electron chi connectivity index (χ3n) is 2.42. The van der Waals surface area contributed by atoms with Gasteiger partial charge in [0.05, 0.1) is 18.2 Å². The molecule has 6 nitrogen and oxygen atoms in total. The summed E-state index contributed by atoms with van der Waals surface area (Å²) in [7, 11) is 3.44. The topological polar surface area (TPSA) is 69.8 Å². The van der Waals surface area contributed by atoms with Gasteiger partial charge in [0.1, 0.15) is 0 Å². The van der Waals surface area contributed by atoms with Crippen LogP contribution in [0.25, 0.3) is 0 Å². The lowest BCUT2D eigenvalue weighted by Crippen LogP contribution is -2.12. The minimum absolute atomic E-state index is 0.184. The van der Waals surface area contributed by atoms with Crippen LogP contribution in [-0.4, -0.2) is 30.9 Å². The van der Waals surface area contributed by atoms with Gasteiger partial charge in [-0.3, -0.25) is 14.3 Å². The highest BCUT2D eigenvalue weighted by Gasteiger charge is 2.17. The maximum Gasteiger partial charge on any atom is 0.205 e. The van der Waals surface area contributed by atoms with Gasteiger partial charge in [0.2, 0.25) is 5.78 Å². The summed E-state index contributed by atoms with van der Waals surface area (Å²) in [5, 5.41) is 3.89. The maximum absolute atomic E-state index is 11.8. The van der Waals surface area contributed by atoms with Gasteiger partial charge in [-0.05, 0) is 0 Å². The van der Waals surface area contributed by atoms with Crippen LogP contribution in [0.15, 0.2) is 24.8 Å². The van der Waals surface area contributed by atoms with Crippen molar-refractivity contribution >= 4 is 11.6 Å². The first kappa shape index (κ1) is 11.3. The molecule has 0 saturated carbocycles. The van der Waals surface area contributed by atoms with Crippen molar-refractivity contribution in [2.24, 2.45) is 14.1 Å². The third-order valence-corrected chi connectivity index (χ3v) is 2.42. The molecule has 0 aliphatic rings. The minimum Gasteiger partial charge on any atom is -0.332 e. The van der Waals surface area contributed by atoms with Crippen LogP contribution in [0.2, 0.25) is 0 Å². The Hall–Kier alpha value is -2.24. The van der Waals surface area contributed by atoms with Crippen molar-refractivity contribution in [1.29, 1.82) is 0 Å². The van der Waals surface area contributed by atoms with E-state index in [4.69, 9.17) is 0 Å². The van der Waals surface area contributed by atoms with Crippen LogP contribution in [0.3, 0.4) is 0 Å². The Balaban J connectivity index is 2.10. The summed E-state index contributed by atoms with van der Waals surface area (Å²) in [4.78, 5) is 27.5. The quantitative estimate of drug-likeness (QED) is 0.572. The van der Waals surface area contributed by atoms with Gasteiger partial charge in [0, 0.05) is 32.7 Å². The first-order valence-electron chi connectivity index (χ1n) is 5.10. The van der Waals surface area contributed by atoms with E-state index in [1.54, 1.807) is 31.1 Å². The highest BCUT2D eigenvalue weighted by atomic mass is 16.1. The van der Waals surface area contributed by atoms with E-state index in [0.29, 0.717) is 11.4 Å². The molecule has 2 aromatic heterocycles. The average Bonchev–Trinajstić information content (AvgIpc) is 2.86. The summed E-state index contributed by atoms with van der Waals surface area (Å²) in [5.74, 6) is -0.236. The van der Waals surface area contributed by atoms with Gasteiger partial charge in [0.15, 0.2) is 11.6 Å². The van der Waals surface area contributed by atoms with Gasteiger partial charge in [-0.25, -0.2) is 4.98 Å². The van der Waals surface area contributed by atoms with Crippen molar-refractivity contribution in [2.75, 3.05) is 0 Å². The number of carbonyl (C=O) groups is 2. The SMILES string of the molecule is Cn1cc(C(=O)CC(=O)c2nccn2C)cn1. The van der Waals surface area contributed by atoms with Gasteiger partial charge in [-0.2, -0.15) is 5.10 Å². The molecule has 2 aromatic rings. The Morgan fingerprint density at radius 2 is 2.06 bits per heavy atom. The Labute approximate surface area is 97.9 Å². The van der Waals surface area contributed by atoms with Crippen LogP contribution in [-0.2, 0) is 14.1 Å². The standard InChI is InChI=1S/C11H12N4O2/c1-14-4-3-12-11(14)10(17)5-9(16)8-6-13-15(2)7-8/h3-4,6-7H,5H2,1-2H3. The Morgan fingerprint density at radius 3 is 2.59 bits per heavy atom. The largest absolute Gasteiger partial charge is 0.332 e. The second kappa shape index (κ2) is 4.32. The lowest BCUT2D eigenvalue weighted by Gasteiger charge is -1.99. The second-order valence-electron chi connectivity index (χ2n) is 3.79. The summed E-state index contributed by atoms with van der Waals surface area (Å²) >= 11 is 0. The fourth-order valence-electron chi connectivity index (χ4n) is 1.53. The first-order valence-corrected chi connectivity index (χ1v) is 5.10. The summed E-state index contributed by atoms with van der Waals surface area (Å²) in [5.41, 5.74) is 0.440. The van der Waals surface area contributed by atoms with E-state index in [1.807, 2.05) is 0 Å². The summed E-state index contributed by atoms with van der Waals surface area (Å²) in [6, 6.07) is 0. The van der Waals surface area contributed by atoms with Crippen molar-refractivity contribution in [2.45, 2.75) is 6.42 Å². The fourth-order valence-corrected chi connectivity index (χ4v) is 1.53. The summed E-state index contributed by atoms with van der Waals surface area (Å²) in [6.07, 6.45) is 6.06. The molecule has 2 rings (SSSR count). The van der Waals surface area contributed by atoms with Crippen LogP contribution in [0.5, 0.6) is 0 Å². The van der Waals surface area contributed by atoms with E-state index in [9.17, 15) is 9.59 Å². The molecule has 0 unspecified atom stereocenters. The Bertz CT molecular complexity index is 568. The molecule has 0 amide bonds. The van der Waals surface area contributed by atoms with Gasteiger partial charge < -0.3 is 4.57 Å². The first-order chi connectivity index (χ1) is 8.08. The zero-order chi connectivity index (χ0) is 12.4. The van der Waals surface area contributed by atoms with E-state index in [1.165, 1.54) is 17.1 Å². The second-order valence-corrected chi connectivity index (χ2v) is 3.79. The van der Waals surface area contributed by atoms with E-state index >= 15 is 0 Å². The smallest absolute Gasteiger partial charge is 0.205 e. The summed E-state index contributed by atoms with van der Waals surface area (Å²) in [6.45, 7) is 0. The minimum atomic E-state index is -0.286. The van der Waals surface area contributed by atoms with Crippen LogP contribution in [0.1, 0.15) is 27.4 Å². The van der Waals surface area contributed by atoms with Gasteiger partial charge in [0.25, 0.3) is 0 Å². The molecule has 0 atom stereocenters.